The highest BCUT2D eigenvalue weighted by Crippen LogP contribution is 2.20. The van der Waals surface area contributed by atoms with E-state index in [1.165, 1.54) is 6.20 Å². The minimum absolute atomic E-state index is 0.386. The molecule has 0 N–H and O–H groups in total. The summed E-state index contributed by atoms with van der Waals surface area (Å²) in [7, 11) is 0. The molecule has 0 aliphatic carbocycles. The number of hydrogen-bond donors (Lipinski definition) is 0. The van der Waals surface area contributed by atoms with E-state index < -0.39 is 0 Å². The van der Waals surface area contributed by atoms with Crippen LogP contribution in [0.2, 0.25) is 0 Å². The standard InChI is InChI=1S/C7H4FIN2/c8-11-4-6(9)5-2-1-3-10-7(5)11/h1-4H. The molecule has 0 atom stereocenters. The second-order valence-electron chi connectivity index (χ2n) is 2.16. The maximum Gasteiger partial charge on any atom is 0.170 e. The van der Waals surface area contributed by atoms with Crippen LogP contribution in [-0.4, -0.2) is 9.77 Å². The molecule has 0 bridgehead atoms. The summed E-state index contributed by atoms with van der Waals surface area (Å²) in [6, 6.07) is 3.64. The van der Waals surface area contributed by atoms with Crippen LogP contribution in [0.25, 0.3) is 11.0 Å². The van der Waals surface area contributed by atoms with Crippen molar-refractivity contribution >= 4 is 33.6 Å². The second kappa shape index (κ2) is 2.44. The van der Waals surface area contributed by atoms with Crippen molar-refractivity contribution in [3.05, 3.63) is 28.1 Å². The van der Waals surface area contributed by atoms with Crippen LogP contribution >= 0.6 is 22.6 Å². The highest BCUT2D eigenvalue weighted by molar-refractivity contribution is 14.1. The maximum atomic E-state index is 12.9. The molecule has 11 heavy (non-hydrogen) atoms. The molecule has 0 radical (unpaired) electrons. The van der Waals surface area contributed by atoms with Crippen LogP contribution in [0, 0.1) is 3.57 Å². The molecule has 0 saturated carbocycles. The van der Waals surface area contributed by atoms with E-state index in [0.717, 1.165) is 8.96 Å². The molecule has 4 heteroatoms. The molecule has 0 aliphatic heterocycles. The van der Waals surface area contributed by atoms with Crippen LogP contribution in [0.1, 0.15) is 0 Å². The summed E-state index contributed by atoms with van der Waals surface area (Å²) in [5.41, 5.74) is 0.386. The monoisotopic (exact) mass is 262 g/mol. The zero-order valence-electron chi connectivity index (χ0n) is 5.46. The third-order valence-electron chi connectivity index (χ3n) is 1.47. The van der Waals surface area contributed by atoms with Crippen molar-refractivity contribution in [3.63, 3.8) is 0 Å². The lowest BCUT2D eigenvalue weighted by Crippen LogP contribution is -1.80. The molecule has 0 spiro atoms. The lowest BCUT2D eigenvalue weighted by molar-refractivity contribution is 0.384. The van der Waals surface area contributed by atoms with E-state index in [1.807, 2.05) is 6.07 Å². The maximum absolute atomic E-state index is 12.9. The normalized spacial score (nSPS) is 10.7. The van der Waals surface area contributed by atoms with Crippen molar-refractivity contribution in [2.75, 3.05) is 0 Å². The van der Waals surface area contributed by atoms with Crippen molar-refractivity contribution in [1.82, 2.24) is 9.77 Å². The van der Waals surface area contributed by atoms with Gasteiger partial charge in [0, 0.05) is 15.2 Å². The molecule has 2 nitrogen and oxygen atoms in total. The largest absolute Gasteiger partial charge is 0.236 e. The van der Waals surface area contributed by atoms with Crippen LogP contribution in [-0.2, 0) is 0 Å². The van der Waals surface area contributed by atoms with Crippen LogP contribution in [0.15, 0.2) is 24.5 Å². The molecule has 0 aliphatic rings. The Bertz CT molecular complexity index is 360. The van der Waals surface area contributed by atoms with Gasteiger partial charge in [-0.2, -0.15) is 4.79 Å². The van der Waals surface area contributed by atoms with Gasteiger partial charge in [0.2, 0.25) is 0 Å². The van der Waals surface area contributed by atoms with Crippen molar-refractivity contribution in [2.24, 2.45) is 0 Å². The van der Waals surface area contributed by atoms with Gasteiger partial charge in [0.1, 0.15) is 0 Å². The summed E-state index contributed by atoms with van der Waals surface area (Å²) in [4.78, 5) is 4.42. The van der Waals surface area contributed by atoms with Gasteiger partial charge in [0.25, 0.3) is 0 Å². The summed E-state index contributed by atoms with van der Waals surface area (Å²) in [6.45, 7) is 0. The number of hydrogen-bond acceptors (Lipinski definition) is 1. The van der Waals surface area contributed by atoms with Gasteiger partial charge in [-0.25, -0.2) is 4.98 Å². The first-order valence-corrected chi connectivity index (χ1v) is 4.14. The van der Waals surface area contributed by atoms with Gasteiger partial charge in [0.15, 0.2) is 5.65 Å². The van der Waals surface area contributed by atoms with Crippen LogP contribution in [0.5, 0.6) is 0 Å². The highest BCUT2D eigenvalue weighted by atomic mass is 127. The molecule has 0 aromatic carbocycles. The molecular weight excluding hydrogens is 258 g/mol. The highest BCUT2D eigenvalue weighted by Gasteiger charge is 2.04. The lowest BCUT2D eigenvalue weighted by atomic mass is 10.3. The third-order valence-corrected chi connectivity index (χ3v) is 2.33. The van der Waals surface area contributed by atoms with Gasteiger partial charge in [-0.15, -0.1) is 0 Å². The molecule has 2 aromatic rings. The summed E-state index contributed by atoms with van der Waals surface area (Å²) in [5, 5.41) is 0.857. The Morgan fingerprint density at radius 3 is 3.09 bits per heavy atom. The Morgan fingerprint density at radius 2 is 2.36 bits per heavy atom. The van der Waals surface area contributed by atoms with Gasteiger partial charge in [-0.05, 0) is 34.7 Å². The van der Waals surface area contributed by atoms with Crippen molar-refractivity contribution in [1.29, 1.82) is 0 Å². The zero-order chi connectivity index (χ0) is 7.84. The Labute approximate surface area is 76.1 Å². The van der Waals surface area contributed by atoms with E-state index in [9.17, 15) is 4.48 Å². The molecule has 2 aromatic heterocycles. The van der Waals surface area contributed by atoms with Gasteiger partial charge in [-0.3, -0.25) is 0 Å². The van der Waals surface area contributed by atoms with E-state index in [0.29, 0.717) is 10.4 Å². The SMILES string of the molecule is Fn1cc(I)c2cccnc21. The molecule has 56 valence electrons. The van der Waals surface area contributed by atoms with E-state index >= 15 is 0 Å². The molecule has 0 unspecified atom stereocenters. The molecule has 0 amide bonds. The Kier molecular flexibility index (Phi) is 1.56. The topological polar surface area (TPSA) is 17.8 Å². The molecular formula is C7H4FIN2. The van der Waals surface area contributed by atoms with Gasteiger partial charge in [0.05, 0.1) is 6.20 Å². The van der Waals surface area contributed by atoms with Gasteiger partial charge in [-0.1, -0.05) is 4.48 Å². The van der Waals surface area contributed by atoms with Gasteiger partial charge >= 0.3 is 0 Å². The van der Waals surface area contributed by atoms with Crippen LogP contribution < -0.4 is 0 Å². The average Bonchev–Trinajstić information content (AvgIpc) is 2.30. The summed E-state index contributed by atoms with van der Waals surface area (Å²) >= 11 is 2.08. The fourth-order valence-electron chi connectivity index (χ4n) is 0.984. The van der Waals surface area contributed by atoms with E-state index in [1.54, 1.807) is 12.3 Å². The number of pyridine rings is 1. The van der Waals surface area contributed by atoms with Crippen molar-refractivity contribution in [2.45, 2.75) is 0 Å². The van der Waals surface area contributed by atoms with Crippen molar-refractivity contribution < 1.29 is 4.48 Å². The number of aromatic nitrogens is 2. The van der Waals surface area contributed by atoms with Crippen LogP contribution in [0.4, 0.5) is 4.48 Å². The number of fused-ring (bicyclic) bond motifs is 1. The fourth-order valence-corrected chi connectivity index (χ4v) is 1.65. The van der Waals surface area contributed by atoms with Crippen LogP contribution in [0.3, 0.4) is 0 Å². The predicted octanol–water partition coefficient (Wildman–Crippen LogP) is 2.37. The van der Waals surface area contributed by atoms with E-state index in [-0.39, 0.29) is 0 Å². The fraction of sp³-hybridized carbons (Fsp3) is 0. The summed E-state index contributed by atoms with van der Waals surface area (Å²) in [5.74, 6) is 0. The molecule has 2 heterocycles. The minimum Gasteiger partial charge on any atom is -0.236 e. The van der Waals surface area contributed by atoms with E-state index in [2.05, 4.69) is 27.6 Å². The first-order chi connectivity index (χ1) is 5.29. The summed E-state index contributed by atoms with van der Waals surface area (Å²) < 4.78 is 13.7. The van der Waals surface area contributed by atoms with Gasteiger partial charge < -0.3 is 0 Å². The molecule has 2 rings (SSSR count). The third kappa shape index (κ3) is 1.01. The first-order valence-electron chi connectivity index (χ1n) is 3.07. The Balaban J connectivity index is 2.95. The smallest absolute Gasteiger partial charge is 0.170 e. The minimum atomic E-state index is 0.386. The summed E-state index contributed by atoms with van der Waals surface area (Å²) in [6.07, 6.45) is 2.99. The number of halogens is 2. The van der Waals surface area contributed by atoms with Crippen molar-refractivity contribution in [3.8, 4) is 0 Å². The number of nitrogens with zero attached hydrogens (tertiary/aromatic N) is 2. The number of rotatable bonds is 0. The molecule has 0 saturated heterocycles. The lowest BCUT2D eigenvalue weighted by Gasteiger charge is -1.87. The zero-order valence-corrected chi connectivity index (χ0v) is 7.62. The molecule has 0 fully saturated rings. The average molecular weight is 262 g/mol. The predicted molar refractivity (Wildman–Crippen MR) is 49.0 cm³/mol. The second-order valence-corrected chi connectivity index (χ2v) is 3.33. The Hall–Kier alpha value is -0.650. The van der Waals surface area contributed by atoms with E-state index in [4.69, 9.17) is 0 Å². The quantitative estimate of drug-likeness (QED) is 0.666. The Morgan fingerprint density at radius 1 is 1.55 bits per heavy atom. The first kappa shape index (κ1) is 7.02.